The third-order valence-electron chi connectivity index (χ3n) is 4.46. The molecule has 31 heavy (non-hydrogen) atoms. The van der Waals surface area contributed by atoms with Gasteiger partial charge in [0.05, 0.1) is 12.9 Å². The molecule has 3 unspecified atom stereocenters. The Kier molecular flexibility index (Phi) is 8.70. The van der Waals surface area contributed by atoms with Crippen LogP contribution in [-0.2, 0) is 32.0 Å². The molecule has 2 rings (SSSR count). The highest BCUT2D eigenvalue weighted by atomic mass is 16.4. The lowest BCUT2D eigenvalue weighted by atomic mass is 10.0. The van der Waals surface area contributed by atoms with Gasteiger partial charge in [0.15, 0.2) is 0 Å². The summed E-state index contributed by atoms with van der Waals surface area (Å²) in [6, 6.07) is 5.74. The van der Waals surface area contributed by atoms with Crippen LogP contribution in [0.3, 0.4) is 0 Å². The lowest BCUT2D eigenvalue weighted by molar-refractivity contribution is -0.141. The topological polar surface area (TPSA) is 179 Å². The number of aromatic nitrogens is 2. The molecule has 11 heteroatoms. The normalized spacial score (nSPS) is 13.5. The Morgan fingerprint density at radius 2 is 1.68 bits per heavy atom. The summed E-state index contributed by atoms with van der Waals surface area (Å²) in [6.07, 6.45) is 3.18. The highest BCUT2D eigenvalue weighted by molar-refractivity contribution is 5.93. The number of imidazole rings is 1. The van der Waals surface area contributed by atoms with E-state index in [1.165, 1.54) is 19.4 Å². The van der Waals surface area contributed by atoms with Gasteiger partial charge in [-0.05, 0) is 12.5 Å². The maximum Gasteiger partial charge on any atom is 0.325 e. The van der Waals surface area contributed by atoms with Crippen molar-refractivity contribution in [2.45, 2.75) is 37.9 Å². The van der Waals surface area contributed by atoms with Gasteiger partial charge in [0.1, 0.15) is 18.1 Å². The van der Waals surface area contributed by atoms with Gasteiger partial charge in [-0.3, -0.25) is 19.2 Å². The molecule has 3 amide bonds. The first-order valence-corrected chi connectivity index (χ1v) is 9.64. The number of nitrogens with two attached hydrogens (primary N) is 1. The average Bonchev–Trinajstić information content (AvgIpc) is 3.26. The number of hydrogen-bond donors (Lipinski definition) is 6. The van der Waals surface area contributed by atoms with Crippen molar-refractivity contribution in [3.63, 3.8) is 0 Å². The van der Waals surface area contributed by atoms with Crippen molar-refractivity contribution in [2.24, 2.45) is 5.73 Å². The highest BCUT2D eigenvalue weighted by Crippen LogP contribution is 2.06. The molecular formula is C20H26N6O5. The molecule has 0 radical (unpaired) electrons. The van der Waals surface area contributed by atoms with Gasteiger partial charge in [0.25, 0.3) is 0 Å². The van der Waals surface area contributed by atoms with Crippen molar-refractivity contribution in [1.82, 2.24) is 25.9 Å². The van der Waals surface area contributed by atoms with E-state index in [9.17, 15) is 19.2 Å². The molecule has 2 aromatic rings. The molecule has 1 aromatic carbocycles. The fourth-order valence-corrected chi connectivity index (χ4v) is 2.79. The number of rotatable bonds is 11. The lowest BCUT2D eigenvalue weighted by Gasteiger charge is -2.24. The first-order chi connectivity index (χ1) is 14.8. The van der Waals surface area contributed by atoms with Crippen molar-refractivity contribution in [3.05, 3.63) is 54.1 Å². The number of nitrogens with one attached hydrogen (secondary N) is 4. The molecule has 1 aromatic heterocycles. The van der Waals surface area contributed by atoms with Gasteiger partial charge in [-0.2, -0.15) is 0 Å². The van der Waals surface area contributed by atoms with Gasteiger partial charge < -0.3 is 31.8 Å². The molecule has 3 atom stereocenters. The number of hydrogen-bond acceptors (Lipinski definition) is 6. The van der Waals surface area contributed by atoms with E-state index < -0.39 is 41.8 Å². The zero-order chi connectivity index (χ0) is 22.8. The number of nitrogens with zero attached hydrogens (tertiary/aromatic N) is 1. The minimum Gasteiger partial charge on any atom is -0.480 e. The third-order valence-corrected chi connectivity index (χ3v) is 4.46. The number of aromatic amines is 1. The van der Waals surface area contributed by atoms with Crippen LogP contribution in [0.25, 0.3) is 0 Å². The molecule has 0 aliphatic carbocycles. The number of carbonyl (C=O) groups is 4. The van der Waals surface area contributed by atoms with Crippen molar-refractivity contribution < 1.29 is 24.3 Å². The Bertz CT molecular complexity index is 887. The second-order valence-electron chi connectivity index (χ2n) is 6.92. The first-order valence-electron chi connectivity index (χ1n) is 9.64. The molecule has 1 heterocycles. The molecule has 7 N–H and O–H groups in total. The van der Waals surface area contributed by atoms with Gasteiger partial charge in [0.2, 0.25) is 17.7 Å². The molecule has 0 aliphatic heterocycles. The van der Waals surface area contributed by atoms with E-state index in [0.29, 0.717) is 5.69 Å². The highest BCUT2D eigenvalue weighted by Gasteiger charge is 2.28. The van der Waals surface area contributed by atoms with E-state index in [1.807, 2.05) is 6.07 Å². The number of benzene rings is 1. The van der Waals surface area contributed by atoms with Gasteiger partial charge >= 0.3 is 5.97 Å². The predicted molar refractivity (Wildman–Crippen MR) is 111 cm³/mol. The quantitative estimate of drug-likeness (QED) is 0.257. The van der Waals surface area contributed by atoms with Gasteiger partial charge in [-0.1, -0.05) is 30.3 Å². The molecule has 166 valence electrons. The van der Waals surface area contributed by atoms with Crippen LogP contribution in [0, 0.1) is 0 Å². The summed E-state index contributed by atoms with van der Waals surface area (Å²) in [6.45, 7) is 1.01. The summed E-state index contributed by atoms with van der Waals surface area (Å²) in [5, 5.41) is 16.6. The Labute approximate surface area is 178 Å². The van der Waals surface area contributed by atoms with Crippen molar-refractivity contribution >= 4 is 23.7 Å². The van der Waals surface area contributed by atoms with Crippen molar-refractivity contribution in [1.29, 1.82) is 0 Å². The summed E-state index contributed by atoms with van der Waals surface area (Å²) in [7, 11) is 0. The Hall–Kier alpha value is -3.73. The monoisotopic (exact) mass is 430 g/mol. The first kappa shape index (κ1) is 23.5. The van der Waals surface area contributed by atoms with Crippen LogP contribution in [-0.4, -0.2) is 63.4 Å². The summed E-state index contributed by atoms with van der Waals surface area (Å²) < 4.78 is 0. The fourth-order valence-electron chi connectivity index (χ4n) is 2.79. The molecule has 0 fully saturated rings. The molecular weight excluding hydrogens is 404 g/mol. The van der Waals surface area contributed by atoms with Crippen LogP contribution in [0.1, 0.15) is 18.2 Å². The van der Waals surface area contributed by atoms with Crippen LogP contribution >= 0.6 is 0 Å². The number of amides is 3. The molecule has 0 saturated carbocycles. The standard InChI is InChI=1S/C20H26N6O5/c1-12(20(30)31)24-18(28)15(7-13-5-3-2-4-6-13)26-19(29)16(25-17(27)9-21)8-14-10-22-11-23-14/h2-6,10-12,15-16H,7-9,21H2,1H3,(H,22,23)(H,24,28)(H,25,27)(H,26,29)(H,30,31). The minimum atomic E-state index is -1.20. The fraction of sp³-hybridized carbons (Fsp3) is 0.350. The van der Waals surface area contributed by atoms with E-state index >= 15 is 0 Å². The maximum atomic E-state index is 12.9. The molecule has 11 nitrogen and oxygen atoms in total. The third kappa shape index (κ3) is 7.55. The van der Waals surface area contributed by atoms with Crippen molar-refractivity contribution in [3.8, 4) is 0 Å². The number of carbonyl (C=O) groups excluding carboxylic acids is 3. The SMILES string of the molecule is CC(NC(=O)C(Cc1ccccc1)NC(=O)C(Cc1cnc[nH]1)NC(=O)CN)C(=O)O. The number of carboxylic acid groups (broad SMARTS) is 1. The van der Waals surface area contributed by atoms with E-state index in [2.05, 4.69) is 25.9 Å². The summed E-state index contributed by atoms with van der Waals surface area (Å²) in [4.78, 5) is 55.3. The van der Waals surface area contributed by atoms with Crippen LogP contribution in [0.5, 0.6) is 0 Å². The zero-order valence-corrected chi connectivity index (χ0v) is 17.0. The smallest absolute Gasteiger partial charge is 0.325 e. The Morgan fingerprint density at radius 1 is 1.03 bits per heavy atom. The summed E-state index contributed by atoms with van der Waals surface area (Å²) in [5.41, 5.74) is 6.71. The number of H-pyrrole nitrogens is 1. The van der Waals surface area contributed by atoms with E-state index in [-0.39, 0.29) is 19.4 Å². The van der Waals surface area contributed by atoms with Gasteiger partial charge in [-0.15, -0.1) is 0 Å². The van der Waals surface area contributed by atoms with E-state index in [4.69, 9.17) is 10.8 Å². The van der Waals surface area contributed by atoms with Crippen LogP contribution in [0.2, 0.25) is 0 Å². The molecule has 0 saturated heterocycles. The van der Waals surface area contributed by atoms with Crippen LogP contribution < -0.4 is 21.7 Å². The van der Waals surface area contributed by atoms with Gasteiger partial charge in [-0.25, -0.2) is 4.98 Å². The van der Waals surface area contributed by atoms with Crippen LogP contribution in [0.4, 0.5) is 0 Å². The zero-order valence-electron chi connectivity index (χ0n) is 17.0. The average molecular weight is 430 g/mol. The lowest BCUT2D eigenvalue weighted by Crippen LogP contribution is -2.57. The van der Waals surface area contributed by atoms with Crippen molar-refractivity contribution in [2.75, 3.05) is 6.54 Å². The molecule has 0 spiro atoms. The number of aliphatic carboxylic acids is 1. The number of carboxylic acids is 1. The Balaban J connectivity index is 2.19. The maximum absolute atomic E-state index is 12.9. The van der Waals surface area contributed by atoms with Crippen LogP contribution in [0.15, 0.2) is 42.9 Å². The molecule has 0 aliphatic rings. The second-order valence-corrected chi connectivity index (χ2v) is 6.92. The van der Waals surface area contributed by atoms with E-state index in [1.54, 1.807) is 24.3 Å². The second kappa shape index (κ2) is 11.5. The minimum absolute atomic E-state index is 0.1000. The van der Waals surface area contributed by atoms with Gasteiger partial charge in [0, 0.05) is 24.7 Å². The summed E-state index contributed by atoms with van der Waals surface area (Å²) >= 11 is 0. The summed E-state index contributed by atoms with van der Waals surface area (Å²) in [5.74, 6) is -3.01. The van der Waals surface area contributed by atoms with E-state index in [0.717, 1.165) is 5.56 Å². The molecule has 0 bridgehead atoms. The largest absolute Gasteiger partial charge is 0.480 e. The Morgan fingerprint density at radius 3 is 2.26 bits per heavy atom. The predicted octanol–water partition coefficient (Wildman–Crippen LogP) is -1.29.